The lowest BCUT2D eigenvalue weighted by molar-refractivity contribution is 0.0795. The minimum atomic E-state index is 0.171. The topological polar surface area (TPSA) is 9.23 Å². The van der Waals surface area contributed by atoms with Gasteiger partial charge in [-0.3, -0.25) is 0 Å². The number of hydrogen-bond donors (Lipinski definition) is 0. The van der Waals surface area contributed by atoms with Crippen molar-refractivity contribution in [2.45, 2.75) is 12.8 Å². The van der Waals surface area contributed by atoms with E-state index in [1.807, 2.05) is 0 Å². The Morgan fingerprint density at radius 2 is 2.17 bits per heavy atom. The Bertz CT molecular complexity index is 167. The summed E-state index contributed by atoms with van der Waals surface area (Å²) in [5, 5.41) is 0. The van der Waals surface area contributed by atoms with E-state index in [0.29, 0.717) is 12.5 Å². The molecule has 0 radical (unpaired) electrons. The zero-order valence-electron chi connectivity index (χ0n) is 7.26. The van der Waals surface area contributed by atoms with Crippen LogP contribution in [0.3, 0.4) is 0 Å². The van der Waals surface area contributed by atoms with Gasteiger partial charge in [-0.05, 0) is 12.8 Å². The first-order chi connectivity index (χ1) is 5.83. The van der Waals surface area contributed by atoms with E-state index in [1.165, 1.54) is 0 Å². The fourth-order valence-electron chi connectivity index (χ4n) is 1.37. The molecule has 0 aromatic carbocycles. The number of rotatable bonds is 5. The summed E-state index contributed by atoms with van der Waals surface area (Å²) in [6, 6.07) is 0. The smallest absolute Gasteiger partial charge is 0.0645 e. The molecule has 1 rings (SSSR count). The van der Waals surface area contributed by atoms with Gasteiger partial charge >= 0.3 is 0 Å². The minimum Gasteiger partial charge on any atom is -0.377 e. The second kappa shape index (κ2) is 4.68. The average Bonchev–Trinajstić information content (AvgIpc) is 2.55. The normalized spacial score (nSPS) is 19.8. The molecule has 0 heterocycles. The summed E-state index contributed by atoms with van der Waals surface area (Å²) in [5.74, 6) is 0.678. The van der Waals surface area contributed by atoms with E-state index < -0.39 is 0 Å². The second-order valence-electron chi connectivity index (χ2n) is 3.32. The first kappa shape index (κ1) is 9.82. The van der Waals surface area contributed by atoms with Crippen molar-refractivity contribution in [3.05, 3.63) is 24.8 Å². The van der Waals surface area contributed by atoms with Gasteiger partial charge in [0.1, 0.15) is 0 Å². The van der Waals surface area contributed by atoms with Crippen LogP contribution in [0.15, 0.2) is 24.8 Å². The van der Waals surface area contributed by atoms with Gasteiger partial charge in [-0.1, -0.05) is 18.2 Å². The Kier molecular flexibility index (Phi) is 3.83. The number of hydrogen-bond acceptors (Lipinski definition) is 1. The fraction of sp³-hybridized carbons (Fsp3) is 0.600. The lowest BCUT2D eigenvalue weighted by Gasteiger charge is -2.25. The van der Waals surface area contributed by atoms with E-state index in [-0.39, 0.29) is 5.41 Å². The molecule has 0 unspecified atom stereocenters. The standard InChI is InChI=1S/C10H15ClO/c1-2-7-12-9-10(8-11)5-3-4-6-10/h2-4H,1,5-9H2. The predicted octanol–water partition coefficient (Wildman–Crippen LogP) is 2.76. The summed E-state index contributed by atoms with van der Waals surface area (Å²) in [6.07, 6.45) is 8.23. The van der Waals surface area contributed by atoms with Crippen molar-refractivity contribution in [3.63, 3.8) is 0 Å². The van der Waals surface area contributed by atoms with Crippen LogP contribution in [0.25, 0.3) is 0 Å². The summed E-state index contributed by atoms with van der Waals surface area (Å²) in [7, 11) is 0. The van der Waals surface area contributed by atoms with Gasteiger partial charge in [0, 0.05) is 11.3 Å². The van der Waals surface area contributed by atoms with Crippen molar-refractivity contribution in [1.82, 2.24) is 0 Å². The zero-order chi connectivity index (χ0) is 8.86. The van der Waals surface area contributed by atoms with Crippen molar-refractivity contribution in [1.29, 1.82) is 0 Å². The molecule has 68 valence electrons. The molecule has 1 aliphatic carbocycles. The van der Waals surface area contributed by atoms with Crippen LogP contribution in [0.2, 0.25) is 0 Å². The molecule has 0 aromatic heterocycles. The quantitative estimate of drug-likeness (QED) is 0.365. The molecule has 0 amide bonds. The van der Waals surface area contributed by atoms with Crippen molar-refractivity contribution < 1.29 is 4.74 Å². The van der Waals surface area contributed by atoms with Crippen molar-refractivity contribution >= 4 is 11.6 Å². The first-order valence-electron chi connectivity index (χ1n) is 4.23. The number of halogens is 1. The van der Waals surface area contributed by atoms with Crippen LogP contribution in [-0.2, 0) is 4.74 Å². The Hall–Kier alpha value is -0.270. The van der Waals surface area contributed by atoms with Gasteiger partial charge in [0.25, 0.3) is 0 Å². The lowest BCUT2D eigenvalue weighted by Crippen LogP contribution is -2.25. The van der Waals surface area contributed by atoms with Gasteiger partial charge < -0.3 is 4.74 Å². The molecule has 0 aromatic rings. The highest BCUT2D eigenvalue weighted by Gasteiger charge is 2.29. The predicted molar refractivity (Wildman–Crippen MR) is 52.5 cm³/mol. The highest BCUT2D eigenvalue weighted by Crippen LogP contribution is 2.34. The molecule has 12 heavy (non-hydrogen) atoms. The molecule has 1 aliphatic rings. The van der Waals surface area contributed by atoms with Crippen LogP contribution < -0.4 is 0 Å². The van der Waals surface area contributed by atoms with E-state index in [2.05, 4.69) is 18.7 Å². The third-order valence-electron chi connectivity index (χ3n) is 2.20. The number of allylic oxidation sites excluding steroid dienone is 2. The monoisotopic (exact) mass is 186 g/mol. The molecule has 0 atom stereocenters. The largest absolute Gasteiger partial charge is 0.377 e. The maximum atomic E-state index is 5.90. The van der Waals surface area contributed by atoms with Crippen molar-refractivity contribution in [2.75, 3.05) is 19.1 Å². The fourth-order valence-corrected chi connectivity index (χ4v) is 1.67. The van der Waals surface area contributed by atoms with Gasteiger partial charge in [-0.2, -0.15) is 0 Å². The molecule has 0 saturated heterocycles. The number of alkyl halides is 1. The van der Waals surface area contributed by atoms with Crippen LogP contribution >= 0.6 is 11.6 Å². The van der Waals surface area contributed by atoms with E-state index >= 15 is 0 Å². The number of ether oxygens (including phenoxy) is 1. The molecule has 2 heteroatoms. The molecule has 0 N–H and O–H groups in total. The minimum absolute atomic E-state index is 0.171. The molecular weight excluding hydrogens is 172 g/mol. The van der Waals surface area contributed by atoms with Crippen LogP contribution in [0.1, 0.15) is 12.8 Å². The van der Waals surface area contributed by atoms with Crippen molar-refractivity contribution in [2.24, 2.45) is 5.41 Å². The molecular formula is C10H15ClO. The first-order valence-corrected chi connectivity index (χ1v) is 4.76. The maximum Gasteiger partial charge on any atom is 0.0645 e. The molecule has 0 aliphatic heterocycles. The third-order valence-corrected chi connectivity index (χ3v) is 2.76. The van der Waals surface area contributed by atoms with Gasteiger partial charge in [-0.25, -0.2) is 0 Å². The Morgan fingerprint density at radius 3 is 2.67 bits per heavy atom. The Morgan fingerprint density at radius 1 is 1.50 bits per heavy atom. The van der Waals surface area contributed by atoms with E-state index in [1.54, 1.807) is 6.08 Å². The van der Waals surface area contributed by atoms with Gasteiger partial charge in [0.05, 0.1) is 13.2 Å². The van der Waals surface area contributed by atoms with E-state index in [4.69, 9.17) is 16.3 Å². The van der Waals surface area contributed by atoms with Crippen LogP contribution in [0.5, 0.6) is 0 Å². The van der Waals surface area contributed by atoms with Crippen LogP contribution in [0, 0.1) is 5.41 Å². The van der Waals surface area contributed by atoms with E-state index in [9.17, 15) is 0 Å². The molecule has 0 spiro atoms. The molecule has 1 nitrogen and oxygen atoms in total. The average molecular weight is 187 g/mol. The SMILES string of the molecule is C=CCOCC1(CCl)CC=CC1. The summed E-state index contributed by atoms with van der Waals surface area (Å²) < 4.78 is 5.42. The maximum absolute atomic E-state index is 5.90. The Balaban J connectivity index is 2.30. The summed E-state index contributed by atoms with van der Waals surface area (Å²) in [5.41, 5.74) is 0.171. The van der Waals surface area contributed by atoms with E-state index in [0.717, 1.165) is 19.4 Å². The molecule has 0 saturated carbocycles. The highest BCUT2D eigenvalue weighted by molar-refractivity contribution is 6.18. The highest BCUT2D eigenvalue weighted by atomic mass is 35.5. The summed E-state index contributed by atoms with van der Waals surface area (Å²) in [6.45, 7) is 4.97. The van der Waals surface area contributed by atoms with Crippen molar-refractivity contribution in [3.8, 4) is 0 Å². The van der Waals surface area contributed by atoms with Gasteiger partial charge in [0.2, 0.25) is 0 Å². The summed E-state index contributed by atoms with van der Waals surface area (Å²) in [4.78, 5) is 0. The molecule has 0 bridgehead atoms. The summed E-state index contributed by atoms with van der Waals surface area (Å²) >= 11 is 5.90. The second-order valence-corrected chi connectivity index (χ2v) is 3.58. The Labute approximate surface area is 79.1 Å². The third kappa shape index (κ3) is 2.36. The van der Waals surface area contributed by atoms with Crippen LogP contribution in [-0.4, -0.2) is 19.1 Å². The van der Waals surface area contributed by atoms with Crippen LogP contribution in [0.4, 0.5) is 0 Å². The zero-order valence-corrected chi connectivity index (χ0v) is 8.02. The lowest BCUT2D eigenvalue weighted by atomic mass is 9.89. The van der Waals surface area contributed by atoms with Gasteiger partial charge in [0.15, 0.2) is 0 Å². The molecule has 0 fully saturated rings. The van der Waals surface area contributed by atoms with Gasteiger partial charge in [-0.15, -0.1) is 18.2 Å².